The summed E-state index contributed by atoms with van der Waals surface area (Å²) in [6.45, 7) is 2.27. The van der Waals surface area contributed by atoms with Crippen molar-refractivity contribution in [3.05, 3.63) is 35.4 Å². The van der Waals surface area contributed by atoms with Crippen LogP contribution in [0.25, 0.3) is 0 Å². The number of carbonyl (C=O) groups is 1. The van der Waals surface area contributed by atoms with Crippen LogP contribution in [-0.4, -0.2) is 51.5 Å². The van der Waals surface area contributed by atoms with E-state index in [1.807, 2.05) is 24.3 Å². The molecule has 0 radical (unpaired) electrons. The number of nitrogens with zero attached hydrogens (tertiary/aromatic N) is 1. The number of rotatable bonds is 5. The molecule has 1 aromatic carbocycles. The van der Waals surface area contributed by atoms with Gasteiger partial charge in [0.1, 0.15) is 0 Å². The van der Waals surface area contributed by atoms with Crippen molar-refractivity contribution in [2.75, 3.05) is 19.7 Å². The molecule has 1 saturated heterocycles. The third-order valence-electron chi connectivity index (χ3n) is 4.09. The third-order valence-corrected chi connectivity index (χ3v) is 4.09. The molecular weight excluding hydrogens is 270 g/mol. The molecule has 3 N–H and O–H groups in total. The highest BCUT2D eigenvalue weighted by atomic mass is 16.4. The largest absolute Gasteiger partial charge is 0.481 e. The molecule has 5 nitrogen and oxygen atoms in total. The SMILES string of the molecule is O=C(O)Cc1ccc(CN2CCCC(O)(CO)CC2)cc1. The van der Waals surface area contributed by atoms with Gasteiger partial charge in [0.25, 0.3) is 0 Å². The van der Waals surface area contributed by atoms with Crippen molar-refractivity contribution in [1.29, 1.82) is 0 Å². The number of carboxylic acids is 1. The van der Waals surface area contributed by atoms with Gasteiger partial charge >= 0.3 is 5.97 Å². The molecule has 0 aromatic heterocycles. The lowest BCUT2D eigenvalue weighted by atomic mass is 9.96. The number of aliphatic carboxylic acids is 1. The van der Waals surface area contributed by atoms with Crippen LogP contribution in [0.3, 0.4) is 0 Å². The molecule has 1 fully saturated rings. The number of aliphatic hydroxyl groups is 2. The zero-order valence-electron chi connectivity index (χ0n) is 12.2. The average molecular weight is 293 g/mol. The van der Waals surface area contributed by atoms with Crippen LogP contribution in [0.1, 0.15) is 30.4 Å². The van der Waals surface area contributed by atoms with Crippen molar-refractivity contribution in [3.8, 4) is 0 Å². The summed E-state index contributed by atoms with van der Waals surface area (Å²) in [7, 11) is 0. The fourth-order valence-electron chi connectivity index (χ4n) is 2.75. The number of likely N-dealkylation sites (tertiary alicyclic amines) is 1. The van der Waals surface area contributed by atoms with Gasteiger partial charge in [0.05, 0.1) is 18.6 Å². The Bertz CT molecular complexity index is 474. The molecule has 0 saturated carbocycles. The second kappa shape index (κ2) is 7.02. The van der Waals surface area contributed by atoms with E-state index in [4.69, 9.17) is 5.11 Å². The number of carboxylic acid groups (broad SMARTS) is 1. The number of aliphatic hydroxyl groups excluding tert-OH is 1. The van der Waals surface area contributed by atoms with Gasteiger partial charge in [-0.15, -0.1) is 0 Å². The topological polar surface area (TPSA) is 81.0 Å². The molecule has 1 unspecified atom stereocenters. The Morgan fingerprint density at radius 3 is 2.43 bits per heavy atom. The predicted molar refractivity (Wildman–Crippen MR) is 78.9 cm³/mol. The van der Waals surface area contributed by atoms with Gasteiger partial charge in [0.2, 0.25) is 0 Å². The van der Waals surface area contributed by atoms with E-state index in [1.54, 1.807) is 0 Å². The normalized spacial score (nSPS) is 23.7. The van der Waals surface area contributed by atoms with Crippen molar-refractivity contribution in [2.24, 2.45) is 0 Å². The van der Waals surface area contributed by atoms with Crippen molar-refractivity contribution in [1.82, 2.24) is 4.90 Å². The minimum atomic E-state index is -0.930. The molecule has 0 spiro atoms. The molecule has 1 aliphatic heterocycles. The second-order valence-electron chi connectivity index (χ2n) is 5.90. The molecule has 1 atom stereocenters. The van der Waals surface area contributed by atoms with Crippen molar-refractivity contribution in [2.45, 2.75) is 37.8 Å². The van der Waals surface area contributed by atoms with E-state index in [-0.39, 0.29) is 13.0 Å². The van der Waals surface area contributed by atoms with Crippen molar-refractivity contribution < 1.29 is 20.1 Å². The van der Waals surface area contributed by atoms with Gasteiger partial charge in [-0.1, -0.05) is 24.3 Å². The van der Waals surface area contributed by atoms with Crippen LogP contribution in [0.15, 0.2) is 24.3 Å². The summed E-state index contributed by atoms with van der Waals surface area (Å²) in [6, 6.07) is 7.62. The summed E-state index contributed by atoms with van der Waals surface area (Å²) in [5, 5.41) is 28.1. The molecule has 0 amide bonds. The summed E-state index contributed by atoms with van der Waals surface area (Å²) in [6.07, 6.45) is 2.14. The maximum Gasteiger partial charge on any atom is 0.307 e. The lowest BCUT2D eigenvalue weighted by Crippen LogP contribution is -2.34. The zero-order valence-corrected chi connectivity index (χ0v) is 12.2. The van der Waals surface area contributed by atoms with Crippen molar-refractivity contribution >= 4 is 5.97 Å². The Kier molecular flexibility index (Phi) is 5.33. The first kappa shape index (κ1) is 15.9. The fourth-order valence-corrected chi connectivity index (χ4v) is 2.75. The number of benzene rings is 1. The standard InChI is InChI=1S/C16H23NO4/c18-12-16(21)6-1-8-17(9-7-16)11-14-4-2-13(3-5-14)10-15(19)20/h2-5,18,21H,1,6-12H2,(H,19,20). The maximum absolute atomic E-state index is 10.6. The van der Waals surface area contributed by atoms with E-state index in [9.17, 15) is 15.0 Å². The third kappa shape index (κ3) is 4.81. The Balaban J connectivity index is 1.91. The smallest absolute Gasteiger partial charge is 0.307 e. The van der Waals surface area contributed by atoms with Crippen molar-refractivity contribution in [3.63, 3.8) is 0 Å². The first-order chi connectivity index (χ1) is 10.0. The summed E-state index contributed by atoms with van der Waals surface area (Å²) in [5.41, 5.74) is 1.01. The first-order valence-electron chi connectivity index (χ1n) is 7.36. The number of hydrogen-bond donors (Lipinski definition) is 3. The highest BCUT2D eigenvalue weighted by Crippen LogP contribution is 2.22. The first-order valence-corrected chi connectivity index (χ1v) is 7.36. The highest BCUT2D eigenvalue weighted by molar-refractivity contribution is 5.70. The van der Waals surface area contributed by atoms with Crippen LogP contribution < -0.4 is 0 Å². The second-order valence-corrected chi connectivity index (χ2v) is 5.90. The maximum atomic E-state index is 10.6. The van der Waals surface area contributed by atoms with E-state index in [1.165, 1.54) is 0 Å². The van der Waals surface area contributed by atoms with Gasteiger partial charge in [-0.3, -0.25) is 9.69 Å². The summed E-state index contributed by atoms with van der Waals surface area (Å²) in [5.74, 6) is -0.821. The van der Waals surface area contributed by atoms with Crippen LogP contribution in [-0.2, 0) is 17.8 Å². The van der Waals surface area contributed by atoms with E-state index < -0.39 is 11.6 Å². The molecular formula is C16H23NO4. The van der Waals surface area contributed by atoms with Gasteiger partial charge in [-0.25, -0.2) is 0 Å². The highest BCUT2D eigenvalue weighted by Gasteiger charge is 2.29. The lowest BCUT2D eigenvalue weighted by Gasteiger charge is -2.24. The van der Waals surface area contributed by atoms with E-state index >= 15 is 0 Å². The zero-order chi connectivity index (χ0) is 15.3. The fraction of sp³-hybridized carbons (Fsp3) is 0.562. The molecule has 2 rings (SSSR count). The van der Waals surface area contributed by atoms with Crippen LogP contribution in [0.4, 0.5) is 0 Å². The Morgan fingerprint density at radius 1 is 1.14 bits per heavy atom. The van der Waals surface area contributed by atoms with Crippen LogP contribution in [0, 0.1) is 0 Å². The Labute approximate surface area is 124 Å². The molecule has 1 aromatic rings. The molecule has 5 heteroatoms. The monoisotopic (exact) mass is 293 g/mol. The Morgan fingerprint density at radius 2 is 1.81 bits per heavy atom. The Hall–Kier alpha value is -1.43. The minimum Gasteiger partial charge on any atom is -0.481 e. The predicted octanol–water partition coefficient (Wildman–Crippen LogP) is 1.02. The van der Waals surface area contributed by atoms with Crippen LogP contribution in [0.5, 0.6) is 0 Å². The number of hydrogen-bond acceptors (Lipinski definition) is 4. The van der Waals surface area contributed by atoms with E-state index in [2.05, 4.69) is 4.90 Å². The molecule has 0 aliphatic carbocycles. The van der Waals surface area contributed by atoms with Gasteiger partial charge in [0, 0.05) is 13.1 Å². The minimum absolute atomic E-state index is 0.0491. The summed E-state index contributed by atoms with van der Waals surface area (Å²) in [4.78, 5) is 12.9. The van der Waals surface area contributed by atoms with Crippen LogP contribution >= 0.6 is 0 Å². The van der Waals surface area contributed by atoms with E-state index in [0.717, 1.165) is 37.2 Å². The quantitative estimate of drug-likeness (QED) is 0.755. The molecule has 21 heavy (non-hydrogen) atoms. The summed E-state index contributed by atoms with van der Waals surface area (Å²) >= 11 is 0. The average Bonchev–Trinajstić information content (AvgIpc) is 2.64. The molecule has 0 bridgehead atoms. The van der Waals surface area contributed by atoms with E-state index in [0.29, 0.717) is 12.8 Å². The van der Waals surface area contributed by atoms with Crippen LogP contribution in [0.2, 0.25) is 0 Å². The molecule has 1 aliphatic rings. The van der Waals surface area contributed by atoms with Gasteiger partial charge in [-0.2, -0.15) is 0 Å². The molecule has 116 valence electrons. The van der Waals surface area contributed by atoms with Gasteiger partial charge in [-0.05, 0) is 36.9 Å². The molecule has 1 heterocycles. The lowest BCUT2D eigenvalue weighted by molar-refractivity contribution is -0.136. The van der Waals surface area contributed by atoms with Gasteiger partial charge < -0.3 is 15.3 Å². The van der Waals surface area contributed by atoms with Gasteiger partial charge in [0.15, 0.2) is 0 Å². The summed E-state index contributed by atoms with van der Waals surface area (Å²) < 4.78 is 0.